The van der Waals surface area contributed by atoms with E-state index in [9.17, 15) is 29.4 Å². The molecule has 4 atom stereocenters. The van der Waals surface area contributed by atoms with Gasteiger partial charge in [-0.05, 0) is 85.3 Å². The first-order valence-electron chi connectivity index (χ1n) is 19.4. The number of H-pyrrole nitrogens is 2. The standard InChI is InChI=1S/C44H42N8O7/c53-41(37(49-43(55)56)29-9-3-1-4-10-29)51-23-7-13-35(51)39-45-25-33(47-39)27-15-19-31(20-16-27)59-32-21-17-28(18-22-32)34-26-46-40(48-34)36-14-8-24-52(36)42(54)38(50-44(57)58)30-11-5-2-6-12-30/h1-6,9-12,15-22,25-26,35-38,49-50H,7-8,13-14,23-24H2,(H,45,47)(H,46,48)(H,55,56)(H,57,58)/t35-,36-,37+,38+/m0/s1. The fourth-order valence-corrected chi connectivity index (χ4v) is 7.91. The van der Waals surface area contributed by atoms with Gasteiger partial charge in [0.2, 0.25) is 0 Å². The second-order valence-electron chi connectivity index (χ2n) is 14.5. The van der Waals surface area contributed by atoms with Crippen molar-refractivity contribution in [3.63, 3.8) is 0 Å². The SMILES string of the molecule is O=C(O)N[C@@H](C(=O)N1CCC[C@H]1c1nc(-c2ccc(Oc3ccc(-c4c[nH]c([C@@H]5CCCN5C(=O)[C@H](NC(=O)O)c5ccccc5)n4)cc3)cc2)c[nH]1)c1ccccc1. The predicted molar refractivity (Wildman–Crippen MR) is 216 cm³/mol. The van der Waals surface area contributed by atoms with Gasteiger partial charge in [0, 0.05) is 36.6 Å². The van der Waals surface area contributed by atoms with E-state index in [1.54, 1.807) is 70.7 Å². The van der Waals surface area contributed by atoms with E-state index in [4.69, 9.17) is 14.7 Å². The average Bonchev–Trinajstić information content (AvgIpc) is 4.10. The van der Waals surface area contributed by atoms with E-state index in [0.29, 0.717) is 71.6 Å². The van der Waals surface area contributed by atoms with Gasteiger partial charge in [-0.2, -0.15) is 0 Å². The summed E-state index contributed by atoms with van der Waals surface area (Å²) in [5, 5.41) is 23.7. The number of aromatic nitrogens is 4. The zero-order valence-corrected chi connectivity index (χ0v) is 31.8. The Bertz CT molecular complexity index is 2250. The molecule has 300 valence electrons. The van der Waals surface area contributed by atoms with Crippen molar-refractivity contribution in [2.45, 2.75) is 49.9 Å². The van der Waals surface area contributed by atoms with Crippen molar-refractivity contribution in [1.29, 1.82) is 0 Å². The minimum atomic E-state index is -1.27. The summed E-state index contributed by atoms with van der Waals surface area (Å²) in [6.07, 6.45) is 3.99. The van der Waals surface area contributed by atoms with Crippen molar-refractivity contribution in [1.82, 2.24) is 40.4 Å². The maximum absolute atomic E-state index is 13.7. The van der Waals surface area contributed by atoms with E-state index in [0.717, 1.165) is 24.0 Å². The zero-order chi connectivity index (χ0) is 40.9. The number of ether oxygens (including phenoxy) is 1. The molecular formula is C44H42N8O7. The van der Waals surface area contributed by atoms with E-state index in [-0.39, 0.29) is 23.9 Å². The fraction of sp³-hybridized carbons (Fsp3) is 0.227. The number of carbonyl (C=O) groups is 4. The minimum absolute atomic E-state index is 0.320. The maximum atomic E-state index is 13.7. The Labute approximate surface area is 339 Å². The van der Waals surface area contributed by atoms with Gasteiger partial charge in [0.15, 0.2) is 0 Å². The Balaban J connectivity index is 0.898. The van der Waals surface area contributed by atoms with Crippen molar-refractivity contribution >= 4 is 24.0 Å². The van der Waals surface area contributed by atoms with E-state index < -0.39 is 24.3 Å². The molecule has 6 N–H and O–H groups in total. The van der Waals surface area contributed by atoms with Crippen LogP contribution in [0.3, 0.4) is 0 Å². The number of nitrogens with zero attached hydrogens (tertiary/aromatic N) is 4. The Morgan fingerprint density at radius 2 is 0.983 bits per heavy atom. The lowest BCUT2D eigenvalue weighted by atomic mass is 10.1. The smallest absolute Gasteiger partial charge is 0.405 e. The lowest BCUT2D eigenvalue weighted by Gasteiger charge is -2.28. The Hall–Kier alpha value is -7.42. The molecule has 15 heteroatoms. The third kappa shape index (κ3) is 8.49. The first-order valence-corrected chi connectivity index (χ1v) is 19.4. The number of amides is 4. The third-order valence-electron chi connectivity index (χ3n) is 10.7. The molecule has 4 amide bonds. The van der Waals surface area contributed by atoms with Gasteiger partial charge in [-0.3, -0.25) is 9.59 Å². The van der Waals surface area contributed by atoms with E-state index in [1.165, 1.54) is 0 Å². The van der Waals surface area contributed by atoms with Gasteiger partial charge in [-0.25, -0.2) is 19.6 Å². The van der Waals surface area contributed by atoms with Gasteiger partial charge < -0.3 is 45.4 Å². The van der Waals surface area contributed by atoms with Crippen LogP contribution in [0.2, 0.25) is 0 Å². The number of rotatable bonds is 12. The van der Waals surface area contributed by atoms with Crippen LogP contribution in [-0.4, -0.2) is 77.0 Å². The lowest BCUT2D eigenvalue weighted by Crippen LogP contribution is -2.42. The van der Waals surface area contributed by atoms with Gasteiger partial charge in [-0.15, -0.1) is 0 Å². The number of carboxylic acid groups (broad SMARTS) is 2. The number of hydrogen-bond donors (Lipinski definition) is 6. The Morgan fingerprint density at radius 3 is 1.36 bits per heavy atom. The molecule has 2 aromatic heterocycles. The van der Waals surface area contributed by atoms with Crippen LogP contribution in [0.1, 0.15) is 72.6 Å². The molecular weight excluding hydrogens is 753 g/mol. The van der Waals surface area contributed by atoms with Crippen LogP contribution in [0.15, 0.2) is 122 Å². The van der Waals surface area contributed by atoms with Crippen LogP contribution in [0.4, 0.5) is 9.59 Å². The van der Waals surface area contributed by atoms with Crippen LogP contribution in [0.25, 0.3) is 22.5 Å². The van der Waals surface area contributed by atoms with Gasteiger partial charge in [0.1, 0.15) is 35.2 Å². The van der Waals surface area contributed by atoms with Gasteiger partial charge in [-0.1, -0.05) is 60.7 Å². The molecule has 4 heterocycles. The third-order valence-corrected chi connectivity index (χ3v) is 10.7. The van der Waals surface area contributed by atoms with Gasteiger partial charge >= 0.3 is 12.2 Å². The van der Waals surface area contributed by atoms with Crippen molar-refractivity contribution in [2.75, 3.05) is 13.1 Å². The van der Waals surface area contributed by atoms with Crippen molar-refractivity contribution < 1.29 is 34.1 Å². The molecule has 2 aliphatic heterocycles. The van der Waals surface area contributed by atoms with Crippen LogP contribution in [0, 0.1) is 0 Å². The molecule has 59 heavy (non-hydrogen) atoms. The van der Waals surface area contributed by atoms with Crippen LogP contribution in [0.5, 0.6) is 11.5 Å². The van der Waals surface area contributed by atoms with Crippen molar-refractivity contribution in [3.05, 3.63) is 144 Å². The molecule has 0 spiro atoms. The van der Waals surface area contributed by atoms with Crippen molar-refractivity contribution in [3.8, 4) is 34.0 Å². The first kappa shape index (κ1) is 38.5. The monoisotopic (exact) mass is 794 g/mol. The highest BCUT2D eigenvalue weighted by Gasteiger charge is 2.38. The number of carbonyl (C=O) groups excluding carboxylic acids is 2. The molecule has 15 nitrogen and oxygen atoms in total. The van der Waals surface area contributed by atoms with E-state index >= 15 is 0 Å². The minimum Gasteiger partial charge on any atom is -0.465 e. The number of benzene rings is 4. The molecule has 0 bridgehead atoms. The van der Waals surface area contributed by atoms with Crippen LogP contribution < -0.4 is 15.4 Å². The molecule has 8 rings (SSSR count). The topological polar surface area (TPSA) is 206 Å². The summed E-state index contributed by atoms with van der Waals surface area (Å²) in [6.45, 7) is 0.986. The molecule has 4 aromatic carbocycles. The summed E-state index contributed by atoms with van der Waals surface area (Å²) in [4.78, 5) is 70.1. The second-order valence-corrected chi connectivity index (χ2v) is 14.5. The second kappa shape index (κ2) is 17.0. The molecule has 2 fully saturated rings. The summed E-state index contributed by atoms with van der Waals surface area (Å²) >= 11 is 0. The highest BCUT2D eigenvalue weighted by atomic mass is 16.5. The maximum Gasteiger partial charge on any atom is 0.405 e. The molecule has 6 aromatic rings. The van der Waals surface area contributed by atoms with Gasteiger partial charge in [0.05, 0.1) is 23.5 Å². The normalized spacial score (nSPS) is 17.3. The predicted octanol–water partition coefficient (Wildman–Crippen LogP) is 7.60. The summed E-state index contributed by atoms with van der Waals surface area (Å²) < 4.78 is 6.15. The average molecular weight is 795 g/mol. The number of likely N-dealkylation sites (tertiary alicyclic amines) is 2. The molecule has 2 aliphatic rings. The van der Waals surface area contributed by atoms with E-state index in [2.05, 4.69) is 20.6 Å². The number of aromatic amines is 2. The molecule has 0 saturated carbocycles. The number of nitrogens with one attached hydrogen (secondary N) is 4. The molecule has 0 unspecified atom stereocenters. The van der Waals surface area contributed by atoms with E-state index in [1.807, 2.05) is 60.7 Å². The number of imidazole rings is 2. The Morgan fingerprint density at radius 1 is 0.593 bits per heavy atom. The fourth-order valence-electron chi connectivity index (χ4n) is 7.91. The summed E-state index contributed by atoms with van der Waals surface area (Å²) in [7, 11) is 0. The molecule has 0 aliphatic carbocycles. The first-order chi connectivity index (χ1) is 28.7. The quantitative estimate of drug-likeness (QED) is 0.0720. The molecule has 2 saturated heterocycles. The Kier molecular flexibility index (Phi) is 11.1. The number of hydrogen-bond acceptors (Lipinski definition) is 7. The summed E-state index contributed by atoms with van der Waals surface area (Å²) in [5.74, 6) is 1.88. The molecule has 0 radical (unpaired) electrons. The summed E-state index contributed by atoms with van der Waals surface area (Å²) in [6, 6.07) is 30.0. The van der Waals surface area contributed by atoms with Crippen LogP contribution in [-0.2, 0) is 9.59 Å². The van der Waals surface area contributed by atoms with Gasteiger partial charge in [0.25, 0.3) is 11.8 Å². The highest BCUT2D eigenvalue weighted by Crippen LogP contribution is 2.36. The van der Waals surface area contributed by atoms with Crippen LogP contribution >= 0.6 is 0 Å². The summed E-state index contributed by atoms with van der Waals surface area (Å²) in [5.41, 5.74) is 4.26. The highest BCUT2D eigenvalue weighted by molar-refractivity contribution is 5.88. The largest absolute Gasteiger partial charge is 0.465 e. The lowest BCUT2D eigenvalue weighted by molar-refractivity contribution is -0.135. The zero-order valence-electron chi connectivity index (χ0n) is 31.8. The van der Waals surface area contributed by atoms with Crippen molar-refractivity contribution in [2.24, 2.45) is 0 Å².